The highest BCUT2D eigenvalue weighted by Crippen LogP contribution is 2.47. The van der Waals surface area contributed by atoms with Crippen LogP contribution < -0.4 is 4.90 Å². The standard InChI is InChI=1S/C66H42N2O/c1-3-15-43(16-4-1)45-27-32-48(33-28-45)67(49-34-29-46(30-35-49)44-17-5-2-6-18-44)63-42-64-61(41-59(63)47-31-37-58-57-24-12-14-26-65(57)69-66(58)39-47)56-23-11-13-25-62(56)68(64)50-36-38-55-53-21-8-7-19-51(53)52-20-9-10-22-54(52)60(55)40-50/h1-42H. The minimum atomic E-state index is 0.865. The zero-order chi connectivity index (χ0) is 45.4. The number of fused-ring (bicyclic) bond motifs is 12. The summed E-state index contributed by atoms with van der Waals surface area (Å²) in [6, 6.07) is 92.7. The molecule has 0 atom stereocenters. The van der Waals surface area contributed by atoms with Gasteiger partial charge in [0, 0.05) is 44.2 Å². The van der Waals surface area contributed by atoms with E-state index in [9.17, 15) is 0 Å². The summed E-state index contributed by atoms with van der Waals surface area (Å²) >= 11 is 0. The molecule has 0 amide bonds. The molecular weight excluding hydrogens is 837 g/mol. The van der Waals surface area contributed by atoms with E-state index in [1.54, 1.807) is 0 Å². The Hall–Kier alpha value is -9.18. The van der Waals surface area contributed by atoms with Crippen molar-refractivity contribution in [3.63, 3.8) is 0 Å². The third-order valence-corrected chi connectivity index (χ3v) is 14.2. The first kappa shape index (κ1) is 39.0. The van der Waals surface area contributed by atoms with Gasteiger partial charge in [0.25, 0.3) is 0 Å². The van der Waals surface area contributed by atoms with Gasteiger partial charge in [-0.05, 0) is 133 Å². The van der Waals surface area contributed by atoms with Crippen LogP contribution in [0.5, 0.6) is 0 Å². The second-order valence-electron chi connectivity index (χ2n) is 18.0. The van der Waals surface area contributed by atoms with Crippen molar-refractivity contribution < 1.29 is 4.42 Å². The predicted molar refractivity (Wildman–Crippen MR) is 292 cm³/mol. The fraction of sp³-hybridized carbons (Fsp3) is 0. The molecule has 0 N–H and O–H groups in total. The second-order valence-corrected chi connectivity index (χ2v) is 18.0. The van der Waals surface area contributed by atoms with E-state index in [0.29, 0.717) is 0 Å². The zero-order valence-electron chi connectivity index (χ0n) is 37.6. The molecule has 0 aliphatic carbocycles. The van der Waals surface area contributed by atoms with Crippen molar-refractivity contribution in [1.82, 2.24) is 4.57 Å². The lowest BCUT2D eigenvalue weighted by Crippen LogP contribution is -2.11. The molecule has 3 heteroatoms. The predicted octanol–water partition coefficient (Wildman–Crippen LogP) is 18.6. The van der Waals surface area contributed by atoms with Crippen molar-refractivity contribution in [1.29, 1.82) is 0 Å². The van der Waals surface area contributed by atoms with Crippen molar-refractivity contribution in [3.8, 4) is 39.1 Å². The van der Waals surface area contributed by atoms with Crippen molar-refractivity contribution >= 4 is 93.1 Å². The van der Waals surface area contributed by atoms with Crippen LogP contribution in [0, 0.1) is 0 Å². The van der Waals surface area contributed by atoms with Crippen LogP contribution in [0.15, 0.2) is 259 Å². The van der Waals surface area contributed by atoms with Gasteiger partial charge in [0.15, 0.2) is 0 Å². The first-order valence-electron chi connectivity index (χ1n) is 23.7. The molecule has 0 saturated heterocycles. The van der Waals surface area contributed by atoms with Crippen LogP contribution in [0.3, 0.4) is 0 Å². The average Bonchev–Trinajstić information content (AvgIpc) is 3.96. The highest BCUT2D eigenvalue weighted by molar-refractivity contribution is 6.26. The number of para-hydroxylation sites is 2. The minimum absolute atomic E-state index is 0.865. The summed E-state index contributed by atoms with van der Waals surface area (Å²) in [6.45, 7) is 0. The molecule has 2 aromatic heterocycles. The molecule has 3 nitrogen and oxygen atoms in total. The fourth-order valence-corrected chi connectivity index (χ4v) is 10.9. The molecule has 0 unspecified atom stereocenters. The maximum atomic E-state index is 6.59. The number of furan rings is 1. The summed E-state index contributed by atoms with van der Waals surface area (Å²) in [4.78, 5) is 2.43. The molecule has 0 radical (unpaired) electrons. The molecule has 0 aliphatic rings. The zero-order valence-corrected chi connectivity index (χ0v) is 37.6. The molecule has 14 aromatic rings. The fourth-order valence-electron chi connectivity index (χ4n) is 10.9. The third-order valence-electron chi connectivity index (χ3n) is 14.2. The van der Waals surface area contributed by atoms with E-state index in [0.717, 1.165) is 66.8 Å². The largest absolute Gasteiger partial charge is 0.456 e. The topological polar surface area (TPSA) is 21.3 Å². The van der Waals surface area contributed by atoms with Gasteiger partial charge in [0.1, 0.15) is 11.2 Å². The highest BCUT2D eigenvalue weighted by Gasteiger charge is 2.24. The van der Waals surface area contributed by atoms with Gasteiger partial charge in [-0.3, -0.25) is 0 Å². The lowest BCUT2D eigenvalue weighted by Gasteiger charge is -2.29. The lowest BCUT2D eigenvalue weighted by atomic mass is 9.94. The Labute approximate surface area is 399 Å². The van der Waals surface area contributed by atoms with Crippen LogP contribution in [0.25, 0.3) is 115 Å². The van der Waals surface area contributed by atoms with E-state index in [4.69, 9.17) is 4.42 Å². The Morgan fingerprint density at radius 2 is 0.739 bits per heavy atom. The van der Waals surface area contributed by atoms with E-state index in [2.05, 4.69) is 258 Å². The molecule has 2 heterocycles. The van der Waals surface area contributed by atoms with Gasteiger partial charge in [-0.15, -0.1) is 0 Å². The highest BCUT2D eigenvalue weighted by atomic mass is 16.3. The summed E-state index contributed by atoms with van der Waals surface area (Å²) in [7, 11) is 0. The number of hydrogen-bond donors (Lipinski definition) is 0. The quantitative estimate of drug-likeness (QED) is 0.149. The van der Waals surface area contributed by atoms with E-state index in [-0.39, 0.29) is 0 Å². The van der Waals surface area contributed by atoms with Crippen molar-refractivity contribution in [3.05, 3.63) is 255 Å². The molecule has 0 spiro atoms. The van der Waals surface area contributed by atoms with Crippen LogP contribution in [-0.4, -0.2) is 4.57 Å². The number of nitrogens with zero attached hydrogens (tertiary/aromatic N) is 2. The first-order valence-corrected chi connectivity index (χ1v) is 23.7. The molecular formula is C66H42N2O. The maximum Gasteiger partial charge on any atom is 0.136 e. The van der Waals surface area contributed by atoms with Crippen molar-refractivity contribution in [2.75, 3.05) is 4.90 Å². The number of benzene rings is 12. The molecule has 0 bridgehead atoms. The average molecular weight is 879 g/mol. The summed E-state index contributed by atoms with van der Waals surface area (Å²) in [5, 5.41) is 12.1. The maximum absolute atomic E-state index is 6.59. The SMILES string of the molecule is c1ccc(-c2ccc(N(c3ccc(-c4ccccc4)cc3)c3cc4c(cc3-c3ccc5c(c3)oc3ccccc35)c3ccccc3n4-c3ccc4c5ccccc5c5ccccc5c4c3)cc2)cc1. The van der Waals surface area contributed by atoms with E-state index < -0.39 is 0 Å². The Balaban J connectivity index is 1.06. The van der Waals surface area contributed by atoms with Gasteiger partial charge in [-0.2, -0.15) is 0 Å². The van der Waals surface area contributed by atoms with Gasteiger partial charge in [0.2, 0.25) is 0 Å². The monoisotopic (exact) mass is 878 g/mol. The van der Waals surface area contributed by atoms with Gasteiger partial charge >= 0.3 is 0 Å². The van der Waals surface area contributed by atoms with E-state index in [1.807, 2.05) is 6.07 Å². The summed E-state index contributed by atoms with van der Waals surface area (Å²) in [6.07, 6.45) is 0. The van der Waals surface area contributed by atoms with Crippen LogP contribution in [0.1, 0.15) is 0 Å². The summed E-state index contributed by atoms with van der Waals surface area (Å²) in [5.41, 5.74) is 15.2. The molecule has 322 valence electrons. The van der Waals surface area contributed by atoms with Gasteiger partial charge in [-0.1, -0.05) is 182 Å². The molecule has 12 aromatic carbocycles. The molecule has 0 saturated carbocycles. The Kier molecular flexibility index (Phi) is 8.90. The van der Waals surface area contributed by atoms with Gasteiger partial charge in [0.05, 0.1) is 16.7 Å². The first-order chi connectivity index (χ1) is 34.2. The lowest BCUT2D eigenvalue weighted by molar-refractivity contribution is 0.669. The third kappa shape index (κ3) is 6.36. The Morgan fingerprint density at radius 1 is 0.275 bits per heavy atom. The summed E-state index contributed by atoms with van der Waals surface area (Å²) < 4.78 is 9.06. The number of rotatable bonds is 7. The number of aromatic nitrogens is 1. The van der Waals surface area contributed by atoms with Crippen molar-refractivity contribution in [2.45, 2.75) is 0 Å². The minimum Gasteiger partial charge on any atom is -0.456 e. The molecule has 0 fully saturated rings. The normalized spacial score (nSPS) is 11.8. The van der Waals surface area contributed by atoms with E-state index >= 15 is 0 Å². The Bertz CT molecular complexity index is 4160. The van der Waals surface area contributed by atoms with Gasteiger partial charge in [-0.25, -0.2) is 0 Å². The smallest absolute Gasteiger partial charge is 0.136 e. The van der Waals surface area contributed by atoms with Crippen LogP contribution in [0.2, 0.25) is 0 Å². The van der Waals surface area contributed by atoms with Crippen molar-refractivity contribution in [2.24, 2.45) is 0 Å². The second kappa shape index (κ2) is 15.7. The summed E-state index contributed by atoms with van der Waals surface area (Å²) in [5.74, 6) is 0. The van der Waals surface area contributed by atoms with Crippen LogP contribution in [0.4, 0.5) is 17.1 Å². The molecule has 69 heavy (non-hydrogen) atoms. The Morgan fingerprint density at radius 3 is 1.36 bits per heavy atom. The van der Waals surface area contributed by atoms with Crippen LogP contribution >= 0.6 is 0 Å². The van der Waals surface area contributed by atoms with E-state index in [1.165, 1.54) is 65.3 Å². The number of anilines is 3. The number of hydrogen-bond acceptors (Lipinski definition) is 2. The van der Waals surface area contributed by atoms with Gasteiger partial charge < -0.3 is 13.9 Å². The van der Waals surface area contributed by atoms with Crippen LogP contribution in [-0.2, 0) is 0 Å². The molecule has 14 rings (SSSR count). The molecule has 0 aliphatic heterocycles.